The van der Waals surface area contributed by atoms with Crippen LogP contribution in [0.5, 0.6) is 0 Å². The maximum atomic E-state index is 12.5. The van der Waals surface area contributed by atoms with Crippen LogP contribution in [0.1, 0.15) is 343 Å². The van der Waals surface area contributed by atoms with E-state index in [9.17, 15) is 39.9 Å². The molecule has 0 amide bonds. The van der Waals surface area contributed by atoms with Crippen molar-refractivity contribution < 1.29 is 77.3 Å². The molecular formula is C109H197IN6O8. The molecule has 9 saturated carbocycles. The number of carboxylic acids is 2. The minimum Gasteiger partial charge on any atom is -1.00 e. The van der Waals surface area contributed by atoms with Crippen LogP contribution in [-0.4, -0.2) is 202 Å². The van der Waals surface area contributed by atoms with Gasteiger partial charge in [0.15, 0.2) is 5.78 Å². The number of rotatable bonds is 30. The molecule has 0 spiro atoms. The van der Waals surface area contributed by atoms with Gasteiger partial charge in [-0.1, -0.05) is 237 Å². The molecule has 12 aliphatic carbocycles. The van der Waals surface area contributed by atoms with E-state index in [2.05, 4.69) is 263 Å². The molecule has 12 rings (SSSR count). The summed E-state index contributed by atoms with van der Waals surface area (Å²) >= 11 is 0. The average Bonchev–Trinajstić information content (AvgIpc) is 1.08. The van der Waals surface area contributed by atoms with E-state index in [-0.39, 0.29) is 58.0 Å². The number of halogens is 1. The molecule has 124 heavy (non-hydrogen) atoms. The van der Waals surface area contributed by atoms with Gasteiger partial charge in [0, 0.05) is 40.3 Å². The molecule has 9 fully saturated rings. The summed E-state index contributed by atoms with van der Waals surface area (Å²) in [5.74, 6) is 10.8. The number of ketones is 1. The fourth-order valence-electron chi connectivity index (χ4n) is 33.8. The largest absolute Gasteiger partial charge is 1.00 e. The van der Waals surface area contributed by atoms with Gasteiger partial charge in [0.05, 0.1) is 107 Å². The number of aliphatic carboxylic acids is 2. The van der Waals surface area contributed by atoms with Crippen LogP contribution in [0, 0.1) is 157 Å². The van der Waals surface area contributed by atoms with Gasteiger partial charge in [-0.15, -0.1) is 0 Å². The van der Waals surface area contributed by atoms with Crippen molar-refractivity contribution in [2.75, 3.05) is 106 Å². The molecular weight excluding hydrogens is 1650 g/mol. The lowest BCUT2D eigenvalue weighted by Gasteiger charge is -2.66. The number of quaternary nitrogens is 3. The quantitative estimate of drug-likeness (QED) is 0.0156. The molecule has 0 heterocycles. The summed E-state index contributed by atoms with van der Waals surface area (Å²) in [4.78, 5) is 36.4. The summed E-state index contributed by atoms with van der Waals surface area (Å²) in [7, 11) is 33.8. The second kappa shape index (κ2) is 41.2. The summed E-state index contributed by atoms with van der Waals surface area (Å²) in [5.41, 5.74) is 4.67. The first-order valence-corrected chi connectivity index (χ1v) is 51.5. The molecule has 0 aromatic rings. The highest BCUT2D eigenvalue weighted by Gasteiger charge is 2.72. The number of fused-ring (bicyclic) bond motifs is 15. The zero-order valence-electron chi connectivity index (χ0n) is 86.6. The normalized spacial score (nSPS) is 41.1. The monoisotopic (exact) mass is 1850 g/mol. The van der Waals surface area contributed by atoms with Crippen LogP contribution in [0.3, 0.4) is 0 Å². The first-order valence-electron chi connectivity index (χ1n) is 51.5. The van der Waals surface area contributed by atoms with E-state index in [1.54, 1.807) is 16.7 Å². The third kappa shape index (κ3) is 20.1. The fourth-order valence-corrected chi connectivity index (χ4v) is 33.8. The highest BCUT2D eigenvalue weighted by Crippen LogP contribution is 2.74. The summed E-state index contributed by atoms with van der Waals surface area (Å²) in [6.07, 6.45) is 49.6. The molecule has 0 radical (unpaired) electrons. The summed E-state index contributed by atoms with van der Waals surface area (Å²) in [5, 5.41) is 56.4. The van der Waals surface area contributed by atoms with Gasteiger partial charge in [-0.25, -0.2) is 0 Å². The minimum absolute atomic E-state index is 0. The molecule has 15 heteroatoms. The van der Waals surface area contributed by atoms with Crippen LogP contribution in [0.15, 0.2) is 34.9 Å². The molecule has 0 saturated heterocycles. The summed E-state index contributed by atoms with van der Waals surface area (Å²) in [6, 6.07) is 1.15. The van der Waals surface area contributed by atoms with Crippen molar-refractivity contribution in [2.24, 2.45) is 157 Å². The van der Waals surface area contributed by atoms with Crippen molar-refractivity contribution in [3.63, 3.8) is 0 Å². The topological polar surface area (TPSA) is 168 Å². The van der Waals surface area contributed by atoms with Crippen LogP contribution in [0.4, 0.5) is 0 Å². The zero-order chi connectivity index (χ0) is 92.2. The van der Waals surface area contributed by atoms with Crippen LogP contribution in [0.2, 0.25) is 0 Å². The smallest absolute Gasteiger partial charge is 0.208 e. The van der Waals surface area contributed by atoms with E-state index in [4.69, 9.17) is 0 Å². The predicted molar refractivity (Wildman–Crippen MR) is 508 cm³/mol. The maximum Gasteiger partial charge on any atom is 0.208 e. The SMILES string of the molecule is CCCC1C(N(C)C)[C@@]2(C)C(=CCC3C2CC[C@@]2(C)C3CC[C@@H]2[C@H](C)CCCC(C)C)CC1(O)[N+](C)(C)C.CCCC1C(N(C)C)[C@@]2(C)C(=CCC3C2CC[C@@]2(C)C3CC[C@@H]2[C@H](C)CCCC(C)C)CC1(O)[N+](C)(C)C.CCCC1C(N(C)C)[C@@]2(C)C(=CC[C@H]3[C@@H]4CC[C@H]([C@H](C)CCCC(C)C)[C@@]4(C)CC[C@@H]32)C[C@]1(O)[N+](C)(C)C.O=C([O-])CC(=O)C(=O)[O-].[I-]. The maximum absolute atomic E-state index is 12.5. The average molecular weight is 1850 g/mol. The van der Waals surface area contributed by atoms with Gasteiger partial charge in [0.25, 0.3) is 0 Å². The van der Waals surface area contributed by atoms with Gasteiger partial charge in [-0.05, 0) is 281 Å². The number of carbonyl (C=O) groups excluding carboxylic acids is 3. The lowest BCUT2D eigenvalue weighted by atomic mass is 9.43. The Kier molecular flexibility index (Phi) is 35.7. The van der Waals surface area contributed by atoms with Gasteiger partial charge in [-0.3, -0.25) is 4.79 Å². The van der Waals surface area contributed by atoms with Crippen molar-refractivity contribution in [1.29, 1.82) is 0 Å². The van der Waals surface area contributed by atoms with E-state index in [0.717, 1.165) is 164 Å². The minimum atomic E-state index is -2.00. The molecule has 14 unspecified atom stereocenters. The fraction of sp³-hybridized carbons (Fsp3) is 0.917. The number of nitrogens with zero attached hydrogens (tertiary/aromatic N) is 6. The van der Waals surface area contributed by atoms with Crippen molar-refractivity contribution in [1.82, 2.24) is 14.7 Å². The van der Waals surface area contributed by atoms with Crippen molar-refractivity contribution in [3.8, 4) is 0 Å². The Bertz CT molecular complexity index is 3270. The number of aliphatic hydroxyl groups is 3. The Hall–Kier alpha value is -1.80. The number of carboxylic acid groups (broad SMARTS) is 2. The molecule has 14 nitrogen and oxygen atoms in total. The van der Waals surface area contributed by atoms with Crippen molar-refractivity contribution in [3.05, 3.63) is 34.9 Å². The van der Waals surface area contributed by atoms with E-state index in [0.29, 0.717) is 47.8 Å². The highest BCUT2D eigenvalue weighted by molar-refractivity contribution is 6.34. The van der Waals surface area contributed by atoms with E-state index < -0.39 is 41.3 Å². The molecule has 718 valence electrons. The third-order valence-electron chi connectivity index (χ3n) is 39.8. The first kappa shape index (κ1) is 108. The number of hydrogen-bond acceptors (Lipinski definition) is 11. The molecule has 30 atom stereocenters. The van der Waals surface area contributed by atoms with Crippen LogP contribution < -0.4 is 34.2 Å². The molecule has 0 aliphatic heterocycles. The van der Waals surface area contributed by atoms with Gasteiger partial charge in [0.2, 0.25) is 17.2 Å². The van der Waals surface area contributed by atoms with Crippen molar-refractivity contribution in [2.45, 2.75) is 378 Å². The second-order valence-electron chi connectivity index (χ2n) is 50.8. The highest BCUT2D eigenvalue weighted by atomic mass is 127. The van der Waals surface area contributed by atoms with Gasteiger partial charge >= 0.3 is 0 Å². The number of allylic oxidation sites excluding steroid dienone is 3. The van der Waals surface area contributed by atoms with E-state index >= 15 is 0 Å². The Morgan fingerprint density at radius 1 is 0.395 bits per heavy atom. The van der Waals surface area contributed by atoms with Crippen LogP contribution in [-0.2, 0) is 14.4 Å². The Morgan fingerprint density at radius 3 is 0.823 bits per heavy atom. The van der Waals surface area contributed by atoms with Crippen LogP contribution >= 0.6 is 0 Å². The number of carbonyl (C=O) groups is 3. The van der Waals surface area contributed by atoms with Gasteiger partial charge < -0.3 is 87.2 Å². The first-order chi connectivity index (χ1) is 56.9. The Labute approximate surface area is 780 Å². The lowest BCUT2D eigenvalue weighted by molar-refractivity contribution is -0.957. The molecule has 0 aromatic heterocycles. The summed E-state index contributed by atoms with van der Waals surface area (Å²) < 4.78 is 1.88. The molecule has 0 aromatic carbocycles. The Morgan fingerprint density at radius 2 is 0.637 bits per heavy atom. The second-order valence-corrected chi connectivity index (χ2v) is 50.8. The predicted octanol–water partition coefficient (Wildman–Crippen LogP) is 17.4. The van der Waals surface area contributed by atoms with Crippen LogP contribution in [0.25, 0.3) is 0 Å². The number of Topliss-reactive ketones (excluding diaryl/α,β-unsaturated/α-hetero) is 1. The van der Waals surface area contributed by atoms with Gasteiger partial charge in [0.1, 0.15) is 5.97 Å². The van der Waals surface area contributed by atoms with E-state index in [1.165, 1.54) is 154 Å². The van der Waals surface area contributed by atoms with Crippen molar-refractivity contribution >= 4 is 17.7 Å². The molecule has 12 aliphatic rings. The molecule has 3 N–H and O–H groups in total. The standard InChI is InChI=1S/3C35H65N2O.C4H4O5.HI/c3*1-12-14-31-32(36(7)8)34(6)26(23-35(31,38)37(9,10)11)17-18-27-29-20-19-28(25(4)16-13-15-24(2)3)33(29,5)22-21-30(27)34;5-2(4(8)9)1-3(6)7;/h3*17,24-25,27-32,38H,12-16,18-23H2,1-11H3;1H2,(H,6,7)(H,8,9);1H/q3*+1;;/p-3/t2*25-,27?,28-,29?,30?,31?,32?,33-,34+,35?;25-,27+,28-,29+,30+,31?,32?,33-,34+,35-;;/m111../s1. The Balaban J connectivity index is 0.000000218. The third-order valence-corrected chi connectivity index (χ3v) is 39.8. The molecule has 0 bridgehead atoms. The summed E-state index contributed by atoms with van der Waals surface area (Å²) in [6.45, 7) is 45.0. The zero-order valence-corrected chi connectivity index (χ0v) is 88.7. The number of hydrogen-bond donors (Lipinski definition) is 3. The lowest BCUT2D eigenvalue weighted by Crippen LogP contribution is -3.00. The van der Waals surface area contributed by atoms with Gasteiger partial charge in [-0.2, -0.15) is 0 Å². The van der Waals surface area contributed by atoms with E-state index in [1.807, 2.05) is 0 Å².